The molecule has 1 saturated heterocycles. The maximum Gasteiger partial charge on any atom is 0.259 e. The first-order valence-electron chi connectivity index (χ1n) is 18.1. The lowest BCUT2D eigenvalue weighted by atomic mass is 9.92. The summed E-state index contributed by atoms with van der Waals surface area (Å²) in [6.07, 6.45) is 5.73. The fourth-order valence-electron chi connectivity index (χ4n) is 7.99. The SMILES string of the molecule is COc1ccc2c(O[C@@H]3C[C@H]4C(=O)N[C@]5(C(=O)NS(=O)(=O)C6CC6)C[C@H]5CCCCCCN(C)C(=O)[C@@H]4C3)cc(-c3cccc(C)n3)nc2c1C. The number of carbonyl (C=O) groups excluding carboxylic acids is 3. The highest BCUT2D eigenvalue weighted by Crippen LogP contribution is 2.49. The third-order valence-corrected chi connectivity index (χ3v) is 13.0. The number of hydrogen-bond acceptors (Lipinski definition) is 9. The zero-order valence-corrected chi connectivity index (χ0v) is 30.6. The molecule has 0 unspecified atom stereocenters. The van der Waals surface area contributed by atoms with Gasteiger partial charge in [0.2, 0.25) is 21.8 Å². The van der Waals surface area contributed by atoms with E-state index in [1.54, 1.807) is 19.1 Å². The summed E-state index contributed by atoms with van der Waals surface area (Å²) < 4.78 is 40.2. The molecule has 12 nitrogen and oxygen atoms in total. The van der Waals surface area contributed by atoms with E-state index in [4.69, 9.17) is 19.4 Å². The van der Waals surface area contributed by atoms with E-state index in [9.17, 15) is 22.8 Å². The first kappa shape index (κ1) is 35.2. The first-order valence-corrected chi connectivity index (χ1v) is 19.7. The molecule has 13 heteroatoms. The molecule has 272 valence electrons. The average molecular weight is 718 g/mol. The molecular formula is C38H47N5O7S. The van der Waals surface area contributed by atoms with E-state index in [1.165, 1.54) is 0 Å². The Labute approximate surface area is 299 Å². The van der Waals surface area contributed by atoms with Crippen LogP contribution in [0.15, 0.2) is 36.4 Å². The van der Waals surface area contributed by atoms with Gasteiger partial charge < -0.3 is 19.7 Å². The molecule has 5 atom stereocenters. The van der Waals surface area contributed by atoms with Crippen molar-refractivity contribution in [2.24, 2.45) is 17.8 Å². The number of pyridine rings is 2. The van der Waals surface area contributed by atoms with Gasteiger partial charge in [0.1, 0.15) is 23.1 Å². The minimum absolute atomic E-state index is 0.134. The summed E-state index contributed by atoms with van der Waals surface area (Å²) in [4.78, 5) is 53.3. The van der Waals surface area contributed by atoms with Crippen molar-refractivity contribution < 1.29 is 32.3 Å². The lowest BCUT2D eigenvalue weighted by Crippen LogP contribution is -2.54. The lowest BCUT2D eigenvalue weighted by Gasteiger charge is -2.27. The molecule has 0 spiro atoms. The van der Waals surface area contributed by atoms with Crippen LogP contribution in [0.1, 0.15) is 75.5 Å². The van der Waals surface area contributed by atoms with Crippen molar-refractivity contribution in [2.75, 3.05) is 20.7 Å². The molecule has 0 bridgehead atoms. The summed E-state index contributed by atoms with van der Waals surface area (Å²) in [7, 11) is -0.411. The minimum Gasteiger partial charge on any atom is -0.496 e. The molecule has 1 aliphatic heterocycles. The van der Waals surface area contributed by atoms with E-state index in [1.807, 2.05) is 50.2 Å². The summed E-state index contributed by atoms with van der Waals surface area (Å²) in [5, 5.41) is 3.21. The average Bonchev–Trinajstić information content (AvgIpc) is 4.03. The zero-order valence-electron chi connectivity index (χ0n) is 29.7. The van der Waals surface area contributed by atoms with Gasteiger partial charge in [0.05, 0.1) is 41.1 Å². The number of amides is 3. The van der Waals surface area contributed by atoms with Crippen molar-refractivity contribution in [1.29, 1.82) is 0 Å². The number of nitrogens with one attached hydrogen (secondary N) is 2. The number of sulfonamides is 1. The summed E-state index contributed by atoms with van der Waals surface area (Å²) in [5.41, 5.74) is 2.39. The molecule has 3 saturated carbocycles. The van der Waals surface area contributed by atoms with Crippen LogP contribution in [-0.4, -0.2) is 78.6 Å². The molecule has 2 N–H and O–H groups in total. The molecule has 3 amide bonds. The molecule has 1 aromatic carbocycles. The fraction of sp³-hybridized carbons (Fsp3) is 0.553. The van der Waals surface area contributed by atoms with Gasteiger partial charge in [-0.1, -0.05) is 25.3 Å². The molecule has 4 aliphatic rings. The summed E-state index contributed by atoms with van der Waals surface area (Å²) in [6, 6.07) is 11.4. The normalized spacial score (nSPS) is 27.2. The third-order valence-electron chi connectivity index (χ3n) is 11.2. The van der Waals surface area contributed by atoms with Crippen LogP contribution < -0.4 is 19.5 Å². The highest BCUT2D eigenvalue weighted by Gasteiger charge is 2.62. The number of nitrogens with zero attached hydrogens (tertiary/aromatic N) is 3. The largest absolute Gasteiger partial charge is 0.496 e. The number of ether oxygens (including phenoxy) is 2. The fourth-order valence-corrected chi connectivity index (χ4v) is 9.36. The number of fused-ring (bicyclic) bond motifs is 3. The number of carbonyl (C=O) groups is 3. The number of aryl methyl sites for hydroxylation is 2. The van der Waals surface area contributed by atoms with Crippen molar-refractivity contribution >= 4 is 38.6 Å². The van der Waals surface area contributed by atoms with E-state index in [0.717, 1.165) is 42.3 Å². The Balaban J connectivity index is 1.21. The third kappa shape index (κ3) is 7.01. The number of benzene rings is 1. The van der Waals surface area contributed by atoms with Gasteiger partial charge in [-0.25, -0.2) is 13.4 Å². The minimum atomic E-state index is -3.80. The van der Waals surface area contributed by atoms with Crippen LogP contribution >= 0.6 is 0 Å². The highest BCUT2D eigenvalue weighted by atomic mass is 32.2. The van der Waals surface area contributed by atoms with Crippen molar-refractivity contribution in [1.82, 2.24) is 24.9 Å². The van der Waals surface area contributed by atoms with Crippen LogP contribution in [0.5, 0.6) is 11.5 Å². The smallest absolute Gasteiger partial charge is 0.259 e. The first-order chi connectivity index (χ1) is 24.4. The second-order valence-electron chi connectivity index (χ2n) is 14.9. The van der Waals surface area contributed by atoms with Gasteiger partial charge in [-0.3, -0.25) is 24.1 Å². The van der Waals surface area contributed by atoms with Crippen LogP contribution in [0.4, 0.5) is 0 Å². The van der Waals surface area contributed by atoms with Gasteiger partial charge in [-0.15, -0.1) is 0 Å². The Kier molecular flexibility index (Phi) is 9.45. The van der Waals surface area contributed by atoms with Crippen LogP contribution in [0.3, 0.4) is 0 Å². The Morgan fingerprint density at radius 2 is 1.73 bits per heavy atom. The van der Waals surface area contributed by atoms with Crippen LogP contribution in [-0.2, 0) is 24.4 Å². The predicted molar refractivity (Wildman–Crippen MR) is 191 cm³/mol. The van der Waals surface area contributed by atoms with E-state index < -0.39 is 50.6 Å². The Bertz CT molecular complexity index is 1980. The van der Waals surface area contributed by atoms with Crippen LogP contribution in [0.2, 0.25) is 0 Å². The van der Waals surface area contributed by atoms with Gasteiger partial charge in [0, 0.05) is 36.3 Å². The molecule has 3 aliphatic carbocycles. The number of methoxy groups -OCH3 is 1. The Morgan fingerprint density at radius 1 is 0.961 bits per heavy atom. The van der Waals surface area contributed by atoms with Gasteiger partial charge in [0.15, 0.2) is 0 Å². The van der Waals surface area contributed by atoms with Crippen LogP contribution in [0, 0.1) is 31.6 Å². The summed E-state index contributed by atoms with van der Waals surface area (Å²) >= 11 is 0. The number of hydrogen-bond donors (Lipinski definition) is 2. The van der Waals surface area contributed by atoms with Crippen LogP contribution in [0.25, 0.3) is 22.3 Å². The quantitative estimate of drug-likeness (QED) is 0.357. The van der Waals surface area contributed by atoms with Gasteiger partial charge in [-0.2, -0.15) is 0 Å². The molecule has 2 aromatic heterocycles. The maximum absolute atomic E-state index is 14.3. The monoisotopic (exact) mass is 717 g/mol. The van der Waals surface area contributed by atoms with Crippen molar-refractivity contribution in [3.05, 3.63) is 47.7 Å². The van der Waals surface area contributed by atoms with Gasteiger partial charge >= 0.3 is 0 Å². The standard InChI is InChI=1S/C38H47N5O7S/c1-22-10-9-12-30(39-22)31-20-33(27-15-16-32(49-4)23(2)34(27)40-31)50-25-18-28-29(19-25)36(45)43(3)17-8-6-5-7-11-24-21-38(24,41-35(28)44)37(46)42-51(47,48)26-13-14-26/h9-10,12,15-16,20,24-26,28-29H,5-8,11,13-14,17-19,21H2,1-4H3,(H,41,44)(H,42,46)/t24-,25-,28-,29-,38-/m1/s1. The van der Waals surface area contributed by atoms with Gasteiger partial charge in [-0.05, 0) is 89.0 Å². The van der Waals surface area contributed by atoms with Crippen molar-refractivity contribution in [2.45, 2.75) is 94.9 Å². The molecule has 0 radical (unpaired) electrons. The van der Waals surface area contributed by atoms with E-state index in [0.29, 0.717) is 67.1 Å². The molecule has 3 heterocycles. The second kappa shape index (κ2) is 13.7. The topological polar surface area (TPSA) is 157 Å². The Hall–Kier alpha value is -4.26. The lowest BCUT2D eigenvalue weighted by molar-refractivity contribution is -0.140. The van der Waals surface area contributed by atoms with Gasteiger partial charge in [0.25, 0.3) is 5.91 Å². The number of aromatic nitrogens is 2. The summed E-state index contributed by atoms with van der Waals surface area (Å²) in [5.74, 6) is -1.59. The maximum atomic E-state index is 14.3. The van der Waals surface area contributed by atoms with Crippen molar-refractivity contribution in [3.8, 4) is 22.9 Å². The molecule has 7 rings (SSSR count). The van der Waals surface area contributed by atoms with Crippen molar-refractivity contribution in [3.63, 3.8) is 0 Å². The molecule has 4 fully saturated rings. The molecule has 3 aromatic rings. The second-order valence-corrected chi connectivity index (χ2v) is 16.8. The van der Waals surface area contributed by atoms with E-state index >= 15 is 0 Å². The number of rotatable bonds is 7. The Morgan fingerprint density at radius 3 is 2.47 bits per heavy atom. The molecular weight excluding hydrogens is 671 g/mol. The summed E-state index contributed by atoms with van der Waals surface area (Å²) in [6.45, 7) is 4.45. The van der Waals surface area contributed by atoms with E-state index in [2.05, 4.69) is 10.0 Å². The molecule has 51 heavy (non-hydrogen) atoms. The highest BCUT2D eigenvalue weighted by molar-refractivity contribution is 7.91. The predicted octanol–water partition coefficient (Wildman–Crippen LogP) is 4.60. The zero-order chi connectivity index (χ0) is 36.1. The van der Waals surface area contributed by atoms with E-state index in [-0.39, 0.29) is 18.2 Å².